The molecule has 0 aliphatic heterocycles. The van der Waals surface area contributed by atoms with Crippen molar-refractivity contribution >= 4 is 33.3 Å². The van der Waals surface area contributed by atoms with Gasteiger partial charge in [-0.2, -0.15) is 0 Å². The van der Waals surface area contributed by atoms with Crippen LogP contribution in [-0.2, 0) is 26.4 Å². The molecule has 0 saturated heterocycles. The van der Waals surface area contributed by atoms with Crippen LogP contribution >= 0.6 is 11.3 Å². The lowest BCUT2D eigenvalue weighted by Gasteiger charge is -2.27. The number of aryl methyl sites for hydroxylation is 1. The van der Waals surface area contributed by atoms with Gasteiger partial charge in [-0.25, -0.2) is 19.1 Å². The van der Waals surface area contributed by atoms with E-state index in [1.807, 2.05) is 24.3 Å². The van der Waals surface area contributed by atoms with E-state index in [0.29, 0.717) is 45.5 Å². The van der Waals surface area contributed by atoms with Crippen LogP contribution in [0.15, 0.2) is 50.7 Å². The van der Waals surface area contributed by atoms with Gasteiger partial charge in [0.05, 0.1) is 36.2 Å². The fourth-order valence-corrected chi connectivity index (χ4v) is 7.86. The zero-order valence-corrected chi connectivity index (χ0v) is 25.2. The van der Waals surface area contributed by atoms with Crippen molar-refractivity contribution in [3.8, 4) is 16.5 Å². The maximum atomic E-state index is 14.2. The van der Waals surface area contributed by atoms with Crippen molar-refractivity contribution in [2.24, 2.45) is 11.8 Å². The summed E-state index contributed by atoms with van der Waals surface area (Å²) in [4.78, 5) is 57.7. The number of carbonyl (C=O) groups excluding carboxylic acids is 1. The quantitative estimate of drug-likeness (QED) is 0.290. The predicted molar refractivity (Wildman–Crippen MR) is 159 cm³/mol. The van der Waals surface area contributed by atoms with Gasteiger partial charge in [-0.1, -0.05) is 18.2 Å². The van der Waals surface area contributed by atoms with E-state index in [1.165, 1.54) is 42.2 Å². The number of methoxy groups -OCH3 is 1. The topological polar surface area (TPSA) is 143 Å². The summed E-state index contributed by atoms with van der Waals surface area (Å²) in [5, 5.41) is 10.3. The second kappa shape index (κ2) is 10.9. The molecular formula is C31H33N3O8S. The highest BCUT2D eigenvalue weighted by Crippen LogP contribution is 2.45. The number of fused-ring (bicyclic) bond motifs is 2. The average molecular weight is 608 g/mol. The molecule has 1 N–H and O–H groups in total. The third kappa shape index (κ3) is 4.92. The maximum Gasteiger partial charge on any atom is 0.333 e. The van der Waals surface area contributed by atoms with Crippen molar-refractivity contribution in [3.63, 3.8) is 0 Å². The average Bonchev–Trinajstić information content (AvgIpc) is 3.74. The van der Waals surface area contributed by atoms with Crippen molar-refractivity contribution < 1.29 is 28.6 Å². The lowest BCUT2D eigenvalue weighted by atomic mass is 10.0. The summed E-state index contributed by atoms with van der Waals surface area (Å²) in [6, 6.07) is 7.39. The lowest BCUT2D eigenvalue weighted by Crippen LogP contribution is -2.52. The molecule has 0 radical (unpaired) electrons. The fraction of sp³-hybridized carbons (Fsp3) is 0.452. The number of oxazole rings is 1. The van der Waals surface area contributed by atoms with Crippen molar-refractivity contribution in [2.75, 3.05) is 7.11 Å². The highest BCUT2D eigenvalue weighted by atomic mass is 32.1. The highest BCUT2D eigenvalue weighted by molar-refractivity contribution is 7.22. The molecule has 2 aliphatic carbocycles. The number of benzene rings is 1. The number of rotatable bonds is 9. The van der Waals surface area contributed by atoms with Crippen LogP contribution in [0, 0.1) is 18.8 Å². The number of Topliss-reactive ketones (excluding diaryl/α,β-unsaturated/α-hetero) is 1. The van der Waals surface area contributed by atoms with Crippen molar-refractivity contribution in [2.45, 2.75) is 70.7 Å². The summed E-state index contributed by atoms with van der Waals surface area (Å²) >= 11 is 1.19. The van der Waals surface area contributed by atoms with E-state index >= 15 is 0 Å². The predicted octanol–water partition coefficient (Wildman–Crippen LogP) is 4.53. The summed E-state index contributed by atoms with van der Waals surface area (Å²) in [7, 11) is 1.56. The Labute approximate surface area is 250 Å². The molecule has 0 bridgehead atoms. The highest BCUT2D eigenvalue weighted by Gasteiger charge is 2.43. The lowest BCUT2D eigenvalue weighted by molar-refractivity contribution is -0.146. The second-order valence-corrected chi connectivity index (χ2v) is 12.9. The van der Waals surface area contributed by atoms with Gasteiger partial charge in [0.15, 0.2) is 0 Å². The Bertz CT molecular complexity index is 1820. The molecule has 0 amide bonds. The van der Waals surface area contributed by atoms with Gasteiger partial charge in [0.1, 0.15) is 34.3 Å². The molecule has 4 aromatic rings. The Kier molecular flexibility index (Phi) is 7.37. The van der Waals surface area contributed by atoms with Gasteiger partial charge in [-0.3, -0.25) is 14.2 Å². The molecule has 4 atom stereocenters. The fourth-order valence-electron chi connectivity index (χ4n) is 6.62. The van der Waals surface area contributed by atoms with E-state index in [2.05, 4.69) is 4.98 Å². The molecule has 2 saturated carbocycles. The number of nitrogens with zero attached hydrogens (tertiary/aromatic N) is 3. The van der Waals surface area contributed by atoms with Crippen LogP contribution in [-0.4, -0.2) is 44.2 Å². The molecule has 12 heteroatoms. The molecule has 3 aromatic heterocycles. The molecular weight excluding hydrogens is 574 g/mol. The molecule has 2 fully saturated rings. The monoisotopic (exact) mass is 607 g/mol. The minimum atomic E-state index is -1.84. The number of aromatic nitrogens is 3. The summed E-state index contributed by atoms with van der Waals surface area (Å²) < 4.78 is 20.2. The first-order chi connectivity index (χ1) is 20.5. The smallest absolute Gasteiger partial charge is 0.333 e. The molecule has 3 unspecified atom stereocenters. The number of ether oxygens (including phenoxy) is 2. The number of carboxylic acid groups (broad SMARTS) is 1. The Morgan fingerprint density at radius 3 is 2.51 bits per heavy atom. The molecule has 11 nitrogen and oxygen atoms in total. The zero-order valence-electron chi connectivity index (χ0n) is 24.4. The first kappa shape index (κ1) is 29.1. The standard InChI is InChI=1S/C31H33N3O8S/c1-16-24-27(36)34(31(2,3)29(37)38)30(39)33(28(24)43-25(16)26-32-9-10-41-26)15-23(21-7-5-6-8-22(21)40-4)42-20-13-17-11-19(35)12-18(17)14-20/h5-10,17-18,20,23H,11-15H2,1-4H3,(H,37,38)/t17-,18?,20?,23?/m0/s1. The largest absolute Gasteiger partial charge is 0.496 e. The van der Waals surface area contributed by atoms with Crippen molar-refractivity contribution in [1.29, 1.82) is 0 Å². The van der Waals surface area contributed by atoms with Gasteiger partial charge >= 0.3 is 11.7 Å². The van der Waals surface area contributed by atoms with Gasteiger partial charge in [-0.15, -0.1) is 11.3 Å². The van der Waals surface area contributed by atoms with Crippen LogP contribution in [0.2, 0.25) is 0 Å². The van der Waals surface area contributed by atoms with Crippen molar-refractivity contribution in [1.82, 2.24) is 14.1 Å². The van der Waals surface area contributed by atoms with Crippen LogP contribution in [0.25, 0.3) is 21.0 Å². The first-order valence-electron chi connectivity index (χ1n) is 14.2. The first-order valence-corrected chi connectivity index (χ1v) is 15.1. The number of carbonyl (C=O) groups is 2. The summed E-state index contributed by atoms with van der Waals surface area (Å²) in [5.74, 6) is 0.418. The summed E-state index contributed by atoms with van der Waals surface area (Å²) in [6.07, 6.45) is 4.72. The molecule has 2 aliphatic rings. The summed E-state index contributed by atoms with van der Waals surface area (Å²) in [6.45, 7) is 4.39. The summed E-state index contributed by atoms with van der Waals surface area (Å²) in [5.41, 5.74) is -2.03. The van der Waals surface area contributed by atoms with E-state index in [1.54, 1.807) is 14.0 Å². The normalized spacial score (nSPS) is 20.9. The molecule has 1 aromatic carbocycles. The minimum absolute atomic E-state index is 0.0125. The maximum absolute atomic E-state index is 14.2. The Morgan fingerprint density at radius 2 is 1.88 bits per heavy atom. The van der Waals surface area contributed by atoms with Gasteiger partial charge in [0.2, 0.25) is 5.89 Å². The van der Waals surface area contributed by atoms with E-state index in [9.17, 15) is 24.3 Å². The van der Waals surface area contributed by atoms with Crippen molar-refractivity contribution in [3.05, 3.63) is 68.7 Å². The van der Waals surface area contributed by atoms with Crippen LogP contribution in [0.5, 0.6) is 5.75 Å². The molecule has 43 heavy (non-hydrogen) atoms. The van der Waals surface area contributed by atoms with E-state index in [4.69, 9.17) is 13.9 Å². The minimum Gasteiger partial charge on any atom is -0.496 e. The van der Waals surface area contributed by atoms with Crippen LogP contribution in [0.1, 0.15) is 56.8 Å². The number of carboxylic acids is 1. The molecule has 0 spiro atoms. The third-order valence-electron chi connectivity index (χ3n) is 8.89. The van der Waals surface area contributed by atoms with Crippen LogP contribution < -0.4 is 16.0 Å². The SMILES string of the molecule is COc1ccccc1C(Cn1c(=O)n(C(C)(C)C(=O)O)c(=O)c2c(C)c(-c3ncco3)sc21)OC1CC2CC(=O)C[C@H]2C1. The Morgan fingerprint density at radius 1 is 1.19 bits per heavy atom. The third-order valence-corrected chi connectivity index (χ3v) is 10.2. The van der Waals surface area contributed by atoms with Crippen LogP contribution in [0.3, 0.4) is 0 Å². The molecule has 3 heterocycles. The van der Waals surface area contributed by atoms with Gasteiger partial charge in [0, 0.05) is 18.4 Å². The number of ketones is 1. The van der Waals surface area contributed by atoms with E-state index < -0.39 is 28.9 Å². The number of para-hydroxylation sites is 1. The van der Waals surface area contributed by atoms with Gasteiger partial charge in [-0.05, 0) is 57.1 Å². The second-order valence-electron chi connectivity index (χ2n) is 11.9. The molecule has 226 valence electrons. The van der Waals surface area contributed by atoms with E-state index in [0.717, 1.165) is 23.0 Å². The Balaban J connectivity index is 1.53. The zero-order chi connectivity index (χ0) is 30.6. The molecule has 6 rings (SSSR count). The van der Waals surface area contributed by atoms with E-state index in [-0.39, 0.29) is 29.9 Å². The van der Waals surface area contributed by atoms with Gasteiger partial charge in [0.25, 0.3) is 5.56 Å². The number of hydrogen-bond donors (Lipinski definition) is 1. The van der Waals surface area contributed by atoms with Gasteiger partial charge < -0.3 is 19.0 Å². The van der Waals surface area contributed by atoms with Crippen LogP contribution in [0.4, 0.5) is 0 Å². The number of thiophene rings is 1. The Hall–Kier alpha value is -4.03. The number of hydrogen-bond acceptors (Lipinski definition) is 9. The number of aliphatic carboxylic acids is 1.